The van der Waals surface area contributed by atoms with Gasteiger partial charge in [-0.3, -0.25) is 0 Å². The van der Waals surface area contributed by atoms with Crippen LogP contribution in [-0.2, 0) is 11.8 Å². The van der Waals surface area contributed by atoms with Gasteiger partial charge in [-0.1, -0.05) is 38.8 Å². The molecule has 88 valence electrons. The molecule has 0 unspecified atom stereocenters. The fourth-order valence-corrected chi connectivity index (χ4v) is 4.35. The van der Waals surface area contributed by atoms with E-state index < -0.39 is 0 Å². The van der Waals surface area contributed by atoms with E-state index in [0.717, 1.165) is 11.7 Å². The van der Waals surface area contributed by atoms with Gasteiger partial charge in [-0.15, -0.1) is 0 Å². The van der Waals surface area contributed by atoms with Gasteiger partial charge in [-0.25, -0.2) is 0 Å². The van der Waals surface area contributed by atoms with Crippen LogP contribution in [0.5, 0.6) is 0 Å². The van der Waals surface area contributed by atoms with Crippen molar-refractivity contribution in [3.8, 4) is 0 Å². The highest BCUT2D eigenvalue weighted by Gasteiger charge is 2.51. The number of aromatic nitrogens is 1. The topological polar surface area (TPSA) is 26.0 Å². The van der Waals surface area contributed by atoms with E-state index in [2.05, 4.69) is 25.9 Å². The summed E-state index contributed by atoms with van der Waals surface area (Å²) in [5, 5.41) is 4.01. The van der Waals surface area contributed by atoms with Gasteiger partial charge < -0.3 is 4.52 Å². The van der Waals surface area contributed by atoms with Crippen molar-refractivity contribution in [2.45, 2.75) is 58.3 Å². The monoisotopic (exact) mass is 219 g/mol. The molecule has 0 N–H and O–H groups in total. The molecular weight excluding hydrogens is 198 g/mol. The number of fused-ring (bicyclic) bond motifs is 2. The molecule has 16 heavy (non-hydrogen) atoms. The third-order valence-corrected chi connectivity index (χ3v) is 5.03. The van der Waals surface area contributed by atoms with Crippen LogP contribution in [0.2, 0.25) is 0 Å². The van der Waals surface area contributed by atoms with Crippen LogP contribution in [0.3, 0.4) is 0 Å². The highest BCUT2D eigenvalue weighted by atomic mass is 16.5. The Labute approximate surface area is 97.4 Å². The van der Waals surface area contributed by atoms with Gasteiger partial charge in [0.25, 0.3) is 0 Å². The number of hydrogen-bond acceptors (Lipinski definition) is 2. The fourth-order valence-electron chi connectivity index (χ4n) is 4.35. The molecule has 0 amide bonds. The SMILES string of the molecule is CC1(C)c2oncc2C[C@]2(C)CCCC[C@@H]12. The second kappa shape index (κ2) is 3.12. The van der Waals surface area contributed by atoms with E-state index in [-0.39, 0.29) is 5.41 Å². The first-order valence-corrected chi connectivity index (χ1v) is 6.48. The third-order valence-electron chi connectivity index (χ3n) is 5.03. The molecule has 0 bridgehead atoms. The van der Waals surface area contributed by atoms with E-state index in [0.29, 0.717) is 5.41 Å². The second-order valence-electron chi connectivity index (χ2n) is 6.53. The molecule has 0 radical (unpaired) electrons. The summed E-state index contributed by atoms with van der Waals surface area (Å²) in [5.41, 5.74) is 1.99. The van der Waals surface area contributed by atoms with Gasteiger partial charge in [-0.05, 0) is 30.6 Å². The minimum absolute atomic E-state index is 0.166. The van der Waals surface area contributed by atoms with E-state index in [1.807, 2.05) is 6.20 Å². The van der Waals surface area contributed by atoms with E-state index >= 15 is 0 Å². The summed E-state index contributed by atoms with van der Waals surface area (Å²) in [6.45, 7) is 7.14. The van der Waals surface area contributed by atoms with E-state index in [9.17, 15) is 0 Å². The Bertz CT molecular complexity index is 407. The molecule has 2 aliphatic rings. The highest BCUT2D eigenvalue weighted by Crippen LogP contribution is 2.56. The molecule has 2 atom stereocenters. The van der Waals surface area contributed by atoms with Crippen molar-refractivity contribution in [2.24, 2.45) is 11.3 Å². The molecule has 0 aliphatic heterocycles. The molecule has 2 aliphatic carbocycles. The Hall–Kier alpha value is -0.790. The summed E-state index contributed by atoms with van der Waals surface area (Å²) in [5.74, 6) is 1.91. The molecule has 2 heteroatoms. The average molecular weight is 219 g/mol. The van der Waals surface area contributed by atoms with Gasteiger partial charge >= 0.3 is 0 Å². The van der Waals surface area contributed by atoms with Crippen LogP contribution < -0.4 is 0 Å². The zero-order chi connectivity index (χ0) is 11.4. The Kier molecular flexibility index (Phi) is 2.02. The van der Waals surface area contributed by atoms with Crippen molar-refractivity contribution >= 4 is 0 Å². The Morgan fingerprint density at radius 3 is 2.94 bits per heavy atom. The predicted octanol–water partition coefficient (Wildman–Crippen LogP) is 3.70. The second-order valence-corrected chi connectivity index (χ2v) is 6.53. The molecule has 3 rings (SSSR count). The lowest BCUT2D eigenvalue weighted by Gasteiger charge is -2.52. The number of hydrogen-bond donors (Lipinski definition) is 0. The zero-order valence-corrected chi connectivity index (χ0v) is 10.5. The Morgan fingerprint density at radius 2 is 2.12 bits per heavy atom. The molecule has 1 fully saturated rings. The quantitative estimate of drug-likeness (QED) is 0.665. The largest absolute Gasteiger partial charge is 0.361 e. The molecule has 1 aromatic rings. The molecule has 0 saturated heterocycles. The van der Waals surface area contributed by atoms with Crippen molar-refractivity contribution in [3.63, 3.8) is 0 Å². The molecule has 2 nitrogen and oxygen atoms in total. The van der Waals surface area contributed by atoms with Gasteiger partial charge in [0.05, 0.1) is 6.20 Å². The normalized spacial score (nSPS) is 36.6. The van der Waals surface area contributed by atoms with E-state index in [4.69, 9.17) is 4.52 Å². The van der Waals surface area contributed by atoms with Crippen LogP contribution >= 0.6 is 0 Å². The lowest BCUT2D eigenvalue weighted by atomic mass is 9.52. The maximum atomic E-state index is 5.52. The first-order valence-electron chi connectivity index (χ1n) is 6.48. The Morgan fingerprint density at radius 1 is 1.31 bits per heavy atom. The maximum absolute atomic E-state index is 5.52. The first-order chi connectivity index (χ1) is 7.54. The molecule has 1 saturated carbocycles. The summed E-state index contributed by atoms with van der Waals surface area (Å²) < 4.78 is 5.52. The lowest BCUT2D eigenvalue weighted by molar-refractivity contribution is 0.0282. The Balaban J connectivity index is 2.11. The molecule has 1 heterocycles. The molecular formula is C14H21NO. The minimum Gasteiger partial charge on any atom is -0.361 e. The smallest absolute Gasteiger partial charge is 0.145 e. The van der Waals surface area contributed by atoms with Crippen molar-refractivity contribution in [1.29, 1.82) is 0 Å². The summed E-state index contributed by atoms with van der Waals surface area (Å²) >= 11 is 0. The van der Waals surface area contributed by atoms with Crippen LogP contribution in [0.4, 0.5) is 0 Å². The van der Waals surface area contributed by atoms with Crippen molar-refractivity contribution < 1.29 is 4.52 Å². The third kappa shape index (κ3) is 1.22. The minimum atomic E-state index is 0.166. The fraction of sp³-hybridized carbons (Fsp3) is 0.786. The van der Waals surface area contributed by atoms with Gasteiger partial charge in [0.1, 0.15) is 5.76 Å². The van der Waals surface area contributed by atoms with Gasteiger partial charge in [-0.2, -0.15) is 0 Å². The average Bonchev–Trinajstić information content (AvgIpc) is 2.65. The van der Waals surface area contributed by atoms with Crippen molar-refractivity contribution in [3.05, 3.63) is 17.5 Å². The van der Waals surface area contributed by atoms with E-state index in [1.54, 1.807) is 0 Å². The number of rotatable bonds is 0. The van der Waals surface area contributed by atoms with Crippen molar-refractivity contribution in [1.82, 2.24) is 5.16 Å². The van der Waals surface area contributed by atoms with Crippen LogP contribution in [-0.4, -0.2) is 5.16 Å². The zero-order valence-electron chi connectivity index (χ0n) is 10.5. The van der Waals surface area contributed by atoms with Gasteiger partial charge in [0, 0.05) is 11.0 Å². The van der Waals surface area contributed by atoms with E-state index in [1.165, 1.54) is 37.7 Å². The van der Waals surface area contributed by atoms with Gasteiger partial charge in [0.2, 0.25) is 0 Å². The lowest BCUT2D eigenvalue weighted by Crippen LogP contribution is -2.47. The standard InChI is InChI=1S/C14H21NO/c1-13(2)11-6-4-5-7-14(11,3)8-10-9-15-16-12(10)13/h9,11H,4-8H2,1-3H3/t11-,14-/m0/s1. The maximum Gasteiger partial charge on any atom is 0.145 e. The summed E-state index contributed by atoms with van der Waals surface area (Å²) in [4.78, 5) is 0. The molecule has 1 aromatic heterocycles. The summed E-state index contributed by atoms with van der Waals surface area (Å²) in [6, 6.07) is 0. The predicted molar refractivity (Wildman–Crippen MR) is 63.3 cm³/mol. The molecule has 0 aromatic carbocycles. The first kappa shape index (κ1) is 10.4. The van der Waals surface area contributed by atoms with Crippen LogP contribution in [0, 0.1) is 11.3 Å². The van der Waals surface area contributed by atoms with Crippen LogP contribution in [0.1, 0.15) is 57.8 Å². The van der Waals surface area contributed by atoms with Crippen LogP contribution in [0.15, 0.2) is 10.7 Å². The van der Waals surface area contributed by atoms with Crippen LogP contribution in [0.25, 0.3) is 0 Å². The number of nitrogens with zero attached hydrogens (tertiary/aromatic N) is 1. The molecule has 0 spiro atoms. The summed E-state index contributed by atoms with van der Waals surface area (Å²) in [6.07, 6.45) is 8.60. The summed E-state index contributed by atoms with van der Waals surface area (Å²) in [7, 11) is 0. The van der Waals surface area contributed by atoms with Gasteiger partial charge in [0.15, 0.2) is 0 Å². The van der Waals surface area contributed by atoms with Crippen molar-refractivity contribution in [2.75, 3.05) is 0 Å². The highest BCUT2D eigenvalue weighted by molar-refractivity contribution is 5.30.